The molecule has 0 saturated carbocycles. The zero-order valence-corrected chi connectivity index (χ0v) is 31.0. The molecule has 0 saturated heterocycles. The van der Waals surface area contributed by atoms with Gasteiger partial charge in [-0.25, -0.2) is 0 Å². The van der Waals surface area contributed by atoms with Crippen molar-refractivity contribution in [3.63, 3.8) is 0 Å². The quantitative estimate of drug-likeness (QED) is 0.0937. The summed E-state index contributed by atoms with van der Waals surface area (Å²) < 4.78 is 21.3. The summed E-state index contributed by atoms with van der Waals surface area (Å²) in [7, 11) is 0. The molecule has 13 heteroatoms. The maximum atomic E-state index is 13.1. The Morgan fingerprint density at radius 3 is 0.644 bits per heavy atom. The second-order valence-corrected chi connectivity index (χ2v) is 16.2. The fraction of sp³-hybridized carbons (Fsp3) is 0.750. The van der Waals surface area contributed by atoms with E-state index in [1.807, 2.05) is 0 Å². The summed E-state index contributed by atoms with van der Waals surface area (Å²) in [6, 6.07) is 0. The molecule has 0 atom stereocenters. The van der Waals surface area contributed by atoms with Crippen LogP contribution in [-0.2, 0) is 50.7 Å². The minimum absolute atomic E-state index is 0.435. The maximum absolute atomic E-state index is 13.1. The van der Waals surface area contributed by atoms with Gasteiger partial charge in [-0.15, -0.1) is 0 Å². The Balaban J connectivity index is 6.66. The van der Waals surface area contributed by atoms with Crippen LogP contribution in [0.15, 0.2) is 0 Å². The van der Waals surface area contributed by atoms with E-state index >= 15 is 0 Å². The number of hydrogen-bond acceptors (Lipinski definition) is 12. The topological polar surface area (TPSA) is 173 Å². The van der Waals surface area contributed by atoms with Crippen LogP contribution in [0.1, 0.15) is 132 Å². The van der Waals surface area contributed by atoms with Crippen molar-refractivity contribution in [2.75, 3.05) is 0 Å². The van der Waals surface area contributed by atoms with Gasteiger partial charge in [0.15, 0.2) is 0 Å². The van der Waals surface area contributed by atoms with Crippen LogP contribution in [0, 0.1) is 23.7 Å². The van der Waals surface area contributed by atoms with Gasteiger partial charge in [0.05, 0.1) is 0 Å². The molecule has 0 rings (SSSR count). The van der Waals surface area contributed by atoms with E-state index in [2.05, 4.69) is 0 Å². The summed E-state index contributed by atoms with van der Waals surface area (Å²) in [5, 5.41) is 0. The van der Waals surface area contributed by atoms with Crippen LogP contribution >= 0.6 is 0 Å². The molecule has 0 aromatic rings. The first kappa shape index (κ1) is 42.4. The van der Waals surface area contributed by atoms with Crippen LogP contribution < -0.4 is 0 Å². The molecule has 0 amide bonds. The zero-order chi connectivity index (χ0) is 34.7. The fourth-order valence-electron chi connectivity index (χ4n) is 4.95. The van der Waals surface area contributed by atoms with E-state index in [1.165, 1.54) is 0 Å². The van der Waals surface area contributed by atoms with Crippen LogP contribution in [0.4, 0.5) is 0 Å². The van der Waals surface area contributed by atoms with E-state index in [1.54, 1.807) is 55.4 Å². The molecule has 0 fully saturated rings. The van der Waals surface area contributed by atoms with Crippen LogP contribution in [0.3, 0.4) is 0 Å². The Hall–Kier alpha value is -2.64. The monoisotopic (exact) mass is 748 g/mol. The predicted octanol–water partition coefficient (Wildman–Crippen LogP) is 5.18. The average molecular weight is 747 g/mol. The van der Waals surface area contributed by atoms with E-state index in [-0.39, 0.29) is 0 Å². The van der Waals surface area contributed by atoms with Gasteiger partial charge in [0.1, 0.15) is 0 Å². The molecule has 256 valence electrons. The normalized spacial score (nSPS) is 11.5. The third-order valence-electron chi connectivity index (χ3n) is 7.99. The van der Waals surface area contributed by atoms with Crippen molar-refractivity contribution in [3.8, 4) is 0 Å². The molecule has 0 bridgehead atoms. The molecule has 0 aromatic heterocycles. The van der Waals surface area contributed by atoms with Crippen molar-refractivity contribution >= 4 is 67.0 Å². The first-order valence-electron chi connectivity index (χ1n) is 16.2. The van der Waals surface area contributed by atoms with Gasteiger partial charge >= 0.3 is 274 Å². The van der Waals surface area contributed by atoms with Gasteiger partial charge in [0.2, 0.25) is 0 Å². The second-order valence-electron chi connectivity index (χ2n) is 11.0. The SMILES string of the molecule is CCC(CC)C(=O)CC(=O)[O][Sn]([O]C(=O)CC(=O)C(CC)CC)([O]C(=O)CC(=O)C(CC)CC)[O]C(=O)CC(=O)C(CC)CC. The number of hydrogen-bond donors (Lipinski definition) is 0. The van der Waals surface area contributed by atoms with Crippen LogP contribution in [0.25, 0.3) is 0 Å². The first-order valence-corrected chi connectivity index (χ1v) is 20.8. The molecule has 0 N–H and O–H groups in total. The van der Waals surface area contributed by atoms with Crippen molar-refractivity contribution in [1.82, 2.24) is 0 Å². The number of Topliss-reactive ketones (excluding diaryl/α,β-unsaturated/α-hetero) is 4. The predicted molar refractivity (Wildman–Crippen MR) is 165 cm³/mol. The fourth-order valence-corrected chi connectivity index (χ4v) is 9.67. The third kappa shape index (κ3) is 15.0. The molecule has 0 radical (unpaired) electrons. The average Bonchev–Trinajstić information content (AvgIpc) is 2.94. The molecular weight excluding hydrogens is 695 g/mol. The van der Waals surface area contributed by atoms with Gasteiger partial charge in [0.25, 0.3) is 0 Å². The summed E-state index contributed by atoms with van der Waals surface area (Å²) in [5.41, 5.74) is 0. The Labute approximate surface area is 273 Å². The van der Waals surface area contributed by atoms with Crippen molar-refractivity contribution in [2.24, 2.45) is 23.7 Å². The van der Waals surface area contributed by atoms with Crippen molar-refractivity contribution in [2.45, 2.75) is 132 Å². The van der Waals surface area contributed by atoms with Crippen LogP contribution in [0.5, 0.6) is 0 Å². The number of carbonyl (C=O) groups is 8. The van der Waals surface area contributed by atoms with E-state index in [4.69, 9.17) is 12.3 Å². The van der Waals surface area contributed by atoms with Crippen molar-refractivity contribution in [1.29, 1.82) is 0 Å². The Kier molecular flexibility index (Phi) is 20.7. The number of ketones is 4. The summed E-state index contributed by atoms with van der Waals surface area (Å²) in [5.74, 6) is -9.02. The molecule has 0 unspecified atom stereocenters. The summed E-state index contributed by atoms with van der Waals surface area (Å²) in [6.45, 7) is 14.1. The van der Waals surface area contributed by atoms with Gasteiger partial charge in [-0.1, -0.05) is 0 Å². The van der Waals surface area contributed by atoms with E-state index in [9.17, 15) is 38.4 Å². The van der Waals surface area contributed by atoms with Gasteiger partial charge in [0, 0.05) is 0 Å². The molecule has 0 heterocycles. The molecule has 0 aliphatic carbocycles. The summed E-state index contributed by atoms with van der Waals surface area (Å²) in [6.07, 6.45) is 0.272. The first-order chi connectivity index (χ1) is 21.2. The summed E-state index contributed by atoms with van der Waals surface area (Å²) >= 11 is -6.57. The molecule has 0 aromatic carbocycles. The number of rotatable bonds is 24. The zero-order valence-electron chi connectivity index (χ0n) is 28.2. The Morgan fingerprint density at radius 1 is 0.356 bits per heavy atom. The molecule has 45 heavy (non-hydrogen) atoms. The van der Waals surface area contributed by atoms with Gasteiger partial charge in [-0.05, 0) is 0 Å². The van der Waals surface area contributed by atoms with Gasteiger partial charge in [-0.3, -0.25) is 0 Å². The third-order valence-corrected chi connectivity index (χ3v) is 13.4. The molecule has 0 aliphatic heterocycles. The van der Waals surface area contributed by atoms with E-state index in [0.717, 1.165) is 0 Å². The van der Waals surface area contributed by atoms with E-state index in [0.29, 0.717) is 51.4 Å². The molecule has 0 aliphatic rings. The molecule has 0 spiro atoms. The van der Waals surface area contributed by atoms with Crippen molar-refractivity contribution < 1.29 is 50.7 Å². The standard InChI is InChI=1S/4C8H14O3.Sn/c4*1-3-6(4-2)7(9)5-8(10)11;/h4*6H,3-5H2,1-2H3,(H,10,11);/q;;;;+4/p-4. The van der Waals surface area contributed by atoms with Crippen molar-refractivity contribution in [3.05, 3.63) is 0 Å². The van der Waals surface area contributed by atoms with Crippen LogP contribution in [-0.4, -0.2) is 67.0 Å². The minimum atomic E-state index is -6.57. The van der Waals surface area contributed by atoms with Gasteiger partial charge in [-0.2, -0.15) is 0 Å². The van der Waals surface area contributed by atoms with E-state index < -0.39 is 116 Å². The molecular formula is C32H52O12Sn. The molecule has 12 nitrogen and oxygen atoms in total. The summed E-state index contributed by atoms with van der Waals surface area (Å²) in [4.78, 5) is 103. The second kappa shape index (κ2) is 22.0. The Bertz CT molecular complexity index is 871. The van der Waals surface area contributed by atoms with Gasteiger partial charge < -0.3 is 0 Å². The number of carbonyl (C=O) groups excluding carboxylic acids is 8. The Morgan fingerprint density at radius 2 is 0.511 bits per heavy atom. The van der Waals surface area contributed by atoms with Crippen LogP contribution in [0.2, 0.25) is 0 Å².